The van der Waals surface area contributed by atoms with Gasteiger partial charge in [0.1, 0.15) is 11.3 Å². The van der Waals surface area contributed by atoms with Crippen molar-refractivity contribution in [1.29, 1.82) is 0 Å². The third kappa shape index (κ3) is 3.88. The predicted molar refractivity (Wildman–Crippen MR) is 72.4 cm³/mol. The van der Waals surface area contributed by atoms with E-state index in [0.717, 1.165) is 31.7 Å². The number of amides is 1. The molecule has 22 heavy (non-hydrogen) atoms. The Morgan fingerprint density at radius 2 is 2.00 bits per heavy atom. The largest absolute Gasteiger partial charge is 0.431 e. The Hall–Kier alpha value is -1.83. The normalized spacial score (nSPS) is 17.5. The van der Waals surface area contributed by atoms with Crippen LogP contribution in [0.5, 0.6) is 0 Å². The molecule has 122 valence electrons. The maximum absolute atomic E-state index is 12.4. The second-order valence-electron chi connectivity index (χ2n) is 5.43. The number of nitrogens with one attached hydrogen (secondary N) is 2. The lowest BCUT2D eigenvalue weighted by molar-refractivity contribution is -0.141. The molecule has 1 aliphatic rings. The van der Waals surface area contributed by atoms with Gasteiger partial charge in [-0.25, -0.2) is 0 Å². The molecular weight excluding hydrogens is 301 g/mol. The standard InChI is InChI=1S/C14H17F3N2O3/c15-14(16,17)11-6-5-9(13(22)19-11)12(21)18-7-10(20)8-3-1-2-4-8/h5-6,8,10,20H,1-4,7H2,(H,18,21)(H,19,22). The van der Waals surface area contributed by atoms with Crippen molar-refractivity contribution in [2.24, 2.45) is 5.92 Å². The summed E-state index contributed by atoms with van der Waals surface area (Å²) < 4.78 is 37.3. The Labute approximate surface area is 124 Å². The molecule has 1 unspecified atom stereocenters. The first-order chi connectivity index (χ1) is 10.3. The Balaban J connectivity index is 1.99. The number of hydrogen-bond acceptors (Lipinski definition) is 3. The number of alkyl halides is 3. The van der Waals surface area contributed by atoms with Crippen LogP contribution in [0.1, 0.15) is 41.7 Å². The van der Waals surface area contributed by atoms with Gasteiger partial charge in [-0.05, 0) is 30.9 Å². The van der Waals surface area contributed by atoms with Crippen molar-refractivity contribution in [3.8, 4) is 0 Å². The van der Waals surface area contributed by atoms with Crippen molar-refractivity contribution in [3.63, 3.8) is 0 Å². The quantitative estimate of drug-likeness (QED) is 0.790. The highest BCUT2D eigenvalue weighted by molar-refractivity contribution is 5.93. The summed E-state index contributed by atoms with van der Waals surface area (Å²) in [6, 6.07) is 1.47. The highest BCUT2D eigenvalue weighted by Gasteiger charge is 2.32. The molecule has 0 saturated heterocycles. The van der Waals surface area contributed by atoms with Crippen LogP contribution in [0.25, 0.3) is 0 Å². The van der Waals surface area contributed by atoms with Gasteiger partial charge in [-0.2, -0.15) is 13.2 Å². The molecule has 1 heterocycles. The number of H-pyrrole nitrogens is 1. The number of carbonyl (C=O) groups excluding carboxylic acids is 1. The third-order valence-corrected chi connectivity index (χ3v) is 3.88. The van der Waals surface area contributed by atoms with Gasteiger partial charge in [0.2, 0.25) is 0 Å². The number of pyridine rings is 1. The van der Waals surface area contributed by atoms with Gasteiger partial charge in [0, 0.05) is 6.54 Å². The molecule has 0 aliphatic heterocycles. The molecule has 2 rings (SSSR count). The maximum Gasteiger partial charge on any atom is 0.431 e. The zero-order chi connectivity index (χ0) is 16.3. The summed E-state index contributed by atoms with van der Waals surface area (Å²) in [5.41, 5.74) is -2.73. The van der Waals surface area contributed by atoms with E-state index in [0.29, 0.717) is 6.07 Å². The van der Waals surface area contributed by atoms with E-state index < -0.39 is 35.0 Å². The Morgan fingerprint density at radius 3 is 2.55 bits per heavy atom. The molecule has 0 radical (unpaired) electrons. The fourth-order valence-corrected chi connectivity index (χ4v) is 2.62. The molecule has 5 nitrogen and oxygen atoms in total. The highest BCUT2D eigenvalue weighted by atomic mass is 19.4. The summed E-state index contributed by atoms with van der Waals surface area (Å²) in [6.07, 6.45) is -1.54. The van der Waals surface area contributed by atoms with E-state index in [1.165, 1.54) is 0 Å². The minimum atomic E-state index is -4.67. The average Bonchev–Trinajstić information content (AvgIpc) is 2.97. The van der Waals surface area contributed by atoms with Crippen LogP contribution in [0.4, 0.5) is 13.2 Å². The van der Waals surface area contributed by atoms with Crippen LogP contribution in [0, 0.1) is 5.92 Å². The minimum Gasteiger partial charge on any atom is -0.391 e. The highest BCUT2D eigenvalue weighted by Crippen LogP contribution is 2.27. The van der Waals surface area contributed by atoms with Crippen LogP contribution in [0.3, 0.4) is 0 Å². The van der Waals surface area contributed by atoms with Gasteiger partial charge in [-0.1, -0.05) is 12.8 Å². The van der Waals surface area contributed by atoms with Gasteiger partial charge < -0.3 is 15.4 Å². The van der Waals surface area contributed by atoms with Crippen molar-refractivity contribution >= 4 is 5.91 Å². The topological polar surface area (TPSA) is 82.2 Å². The fourth-order valence-electron chi connectivity index (χ4n) is 2.62. The number of aromatic nitrogens is 1. The number of aliphatic hydroxyl groups is 1. The number of halogens is 3. The zero-order valence-corrected chi connectivity index (χ0v) is 11.7. The van der Waals surface area contributed by atoms with Crippen molar-refractivity contribution in [2.75, 3.05) is 6.54 Å². The van der Waals surface area contributed by atoms with Gasteiger partial charge in [0.15, 0.2) is 0 Å². The Morgan fingerprint density at radius 1 is 1.36 bits per heavy atom. The second-order valence-corrected chi connectivity index (χ2v) is 5.43. The van der Waals surface area contributed by atoms with Crippen LogP contribution in [0.15, 0.2) is 16.9 Å². The van der Waals surface area contributed by atoms with Crippen molar-refractivity contribution in [1.82, 2.24) is 10.3 Å². The summed E-state index contributed by atoms with van der Waals surface area (Å²) in [6.45, 7) is -0.0238. The molecule has 1 fully saturated rings. The molecule has 1 atom stereocenters. The lowest BCUT2D eigenvalue weighted by Crippen LogP contribution is -2.38. The van der Waals surface area contributed by atoms with Gasteiger partial charge in [0.25, 0.3) is 11.5 Å². The molecule has 1 aliphatic carbocycles. The first-order valence-electron chi connectivity index (χ1n) is 7.06. The molecule has 8 heteroatoms. The van der Waals surface area contributed by atoms with E-state index in [4.69, 9.17) is 0 Å². The van der Waals surface area contributed by atoms with E-state index >= 15 is 0 Å². The number of rotatable bonds is 4. The van der Waals surface area contributed by atoms with E-state index in [-0.39, 0.29) is 12.5 Å². The third-order valence-electron chi connectivity index (χ3n) is 3.88. The second kappa shape index (κ2) is 6.51. The number of hydrogen-bond donors (Lipinski definition) is 3. The molecular formula is C14H17F3N2O3. The van der Waals surface area contributed by atoms with Gasteiger partial charge in [-0.3, -0.25) is 9.59 Å². The lowest BCUT2D eigenvalue weighted by Gasteiger charge is -2.18. The summed E-state index contributed by atoms with van der Waals surface area (Å²) >= 11 is 0. The van der Waals surface area contributed by atoms with E-state index in [1.807, 2.05) is 0 Å². The maximum atomic E-state index is 12.4. The molecule has 0 aromatic carbocycles. The van der Waals surface area contributed by atoms with E-state index in [2.05, 4.69) is 5.32 Å². The molecule has 0 bridgehead atoms. The summed E-state index contributed by atoms with van der Waals surface area (Å²) in [5.74, 6) is -0.682. The summed E-state index contributed by atoms with van der Waals surface area (Å²) in [7, 11) is 0. The van der Waals surface area contributed by atoms with Gasteiger partial charge in [0.05, 0.1) is 6.10 Å². The van der Waals surface area contributed by atoms with Crippen LogP contribution in [-0.4, -0.2) is 28.6 Å². The zero-order valence-electron chi connectivity index (χ0n) is 11.7. The number of aliphatic hydroxyl groups excluding tert-OH is 1. The molecule has 1 saturated carbocycles. The van der Waals surface area contributed by atoms with Crippen molar-refractivity contribution in [2.45, 2.75) is 38.0 Å². The fraction of sp³-hybridized carbons (Fsp3) is 0.571. The molecule has 1 amide bonds. The lowest BCUT2D eigenvalue weighted by atomic mass is 10.0. The minimum absolute atomic E-state index is 0.0238. The van der Waals surface area contributed by atoms with Crippen LogP contribution in [0.2, 0.25) is 0 Å². The van der Waals surface area contributed by atoms with Crippen molar-refractivity contribution < 1.29 is 23.1 Å². The monoisotopic (exact) mass is 318 g/mol. The molecule has 1 aromatic rings. The van der Waals surface area contributed by atoms with Crippen molar-refractivity contribution in [3.05, 3.63) is 33.7 Å². The SMILES string of the molecule is O=C(NCC(O)C1CCCC1)c1ccc(C(F)(F)F)[nH]c1=O. The number of carbonyl (C=O) groups is 1. The Bertz CT molecular complexity index is 592. The van der Waals surface area contributed by atoms with Crippen LogP contribution >= 0.6 is 0 Å². The first-order valence-corrected chi connectivity index (χ1v) is 7.06. The van der Waals surface area contributed by atoms with E-state index in [9.17, 15) is 27.9 Å². The Kier molecular flexibility index (Phi) is 4.90. The summed E-state index contributed by atoms with van der Waals surface area (Å²) in [5, 5.41) is 12.3. The van der Waals surface area contributed by atoms with Crippen LogP contribution < -0.4 is 10.9 Å². The average molecular weight is 318 g/mol. The van der Waals surface area contributed by atoms with Crippen LogP contribution in [-0.2, 0) is 6.18 Å². The van der Waals surface area contributed by atoms with Gasteiger partial charge in [-0.15, -0.1) is 0 Å². The molecule has 1 aromatic heterocycles. The summed E-state index contributed by atoms with van der Waals surface area (Å²) in [4.78, 5) is 25.0. The number of aromatic amines is 1. The predicted octanol–water partition coefficient (Wildman–Crippen LogP) is 1.67. The molecule has 0 spiro atoms. The smallest absolute Gasteiger partial charge is 0.391 e. The molecule has 3 N–H and O–H groups in total. The van der Waals surface area contributed by atoms with E-state index in [1.54, 1.807) is 4.98 Å². The first kappa shape index (κ1) is 16.5. The van der Waals surface area contributed by atoms with Gasteiger partial charge >= 0.3 is 6.18 Å².